The van der Waals surface area contributed by atoms with Crippen LogP contribution in [0, 0.1) is 0 Å². The third-order valence-electron chi connectivity index (χ3n) is 7.78. The molecule has 2 unspecified atom stereocenters. The van der Waals surface area contributed by atoms with Crippen molar-refractivity contribution in [2.45, 2.75) is 37.5 Å². The van der Waals surface area contributed by atoms with Gasteiger partial charge in [0.2, 0.25) is 0 Å². The Kier molecular flexibility index (Phi) is 11.3. The van der Waals surface area contributed by atoms with Crippen LogP contribution >= 0.6 is 24.8 Å². The van der Waals surface area contributed by atoms with Gasteiger partial charge in [0.25, 0.3) is 5.91 Å². The summed E-state index contributed by atoms with van der Waals surface area (Å²) in [7, 11) is -3.81. The molecule has 222 valence electrons. The molecule has 0 radical (unpaired) electrons. The van der Waals surface area contributed by atoms with E-state index < -0.39 is 26.0 Å². The van der Waals surface area contributed by atoms with Gasteiger partial charge in [0.15, 0.2) is 5.69 Å². The summed E-state index contributed by atoms with van der Waals surface area (Å²) in [5.41, 5.74) is 6.01. The highest BCUT2D eigenvalue weighted by atomic mass is 35.5. The maximum absolute atomic E-state index is 13.9. The van der Waals surface area contributed by atoms with Gasteiger partial charge in [0.05, 0.1) is 30.6 Å². The number of sulfonamides is 1. The molecule has 1 aromatic heterocycles. The quantitative estimate of drug-likeness (QED) is 0.298. The minimum Gasteiger partial charge on any atom is -0.375 e. The van der Waals surface area contributed by atoms with Crippen LogP contribution in [0.2, 0.25) is 0 Å². The van der Waals surface area contributed by atoms with E-state index in [-0.39, 0.29) is 43.4 Å². The van der Waals surface area contributed by atoms with Crippen molar-refractivity contribution in [1.29, 1.82) is 0 Å². The first kappa shape index (κ1) is 32.9. The van der Waals surface area contributed by atoms with Gasteiger partial charge in [-0.3, -0.25) is 15.1 Å². The summed E-state index contributed by atoms with van der Waals surface area (Å²) in [4.78, 5) is 18.3. The molecule has 0 aliphatic carbocycles. The van der Waals surface area contributed by atoms with Crippen molar-refractivity contribution in [3.8, 4) is 0 Å². The van der Waals surface area contributed by atoms with Crippen LogP contribution in [-0.2, 0) is 38.1 Å². The van der Waals surface area contributed by atoms with Gasteiger partial charge < -0.3 is 10.1 Å². The highest BCUT2D eigenvalue weighted by Crippen LogP contribution is 2.50. The zero-order valence-corrected chi connectivity index (χ0v) is 25.4. The molecule has 1 spiro atoms. The summed E-state index contributed by atoms with van der Waals surface area (Å²) in [6.45, 7) is 2.59. The van der Waals surface area contributed by atoms with E-state index in [4.69, 9.17) is 4.74 Å². The largest absolute Gasteiger partial charge is 0.375 e. The fraction of sp³-hybridized carbons (Fsp3) is 0.379. The number of para-hydroxylation sites is 1. The van der Waals surface area contributed by atoms with Crippen molar-refractivity contribution in [3.63, 3.8) is 0 Å². The van der Waals surface area contributed by atoms with Gasteiger partial charge in [-0.2, -0.15) is 13.8 Å². The molecule has 2 aliphatic heterocycles. The van der Waals surface area contributed by atoms with Crippen LogP contribution in [0.4, 0.5) is 5.69 Å². The Morgan fingerprint density at radius 1 is 1.02 bits per heavy atom. The second-order valence-electron chi connectivity index (χ2n) is 10.4. The molecule has 0 bridgehead atoms. The fourth-order valence-corrected chi connectivity index (χ4v) is 6.98. The molecule has 41 heavy (non-hydrogen) atoms. The van der Waals surface area contributed by atoms with Crippen LogP contribution < -0.4 is 20.1 Å². The number of quaternary nitrogens is 1. The first-order valence-electron chi connectivity index (χ1n) is 13.3. The van der Waals surface area contributed by atoms with E-state index in [1.54, 1.807) is 6.20 Å². The average Bonchev–Trinajstić information content (AvgIpc) is 3.22. The number of halogens is 2. The molecular formula is C29H38Cl2N5O4S+. The molecule has 1 amide bonds. The summed E-state index contributed by atoms with van der Waals surface area (Å²) in [6.07, 6.45) is 4.50. The van der Waals surface area contributed by atoms with Crippen LogP contribution in [0.25, 0.3) is 0 Å². The van der Waals surface area contributed by atoms with Crippen LogP contribution in [0.5, 0.6) is 0 Å². The number of fused-ring (bicyclic) bond motifs is 2. The molecule has 5 rings (SSSR count). The Morgan fingerprint density at radius 2 is 1.71 bits per heavy atom. The number of pyridine rings is 1. The number of amides is 1. The van der Waals surface area contributed by atoms with Gasteiger partial charge in [-0.15, -0.1) is 24.8 Å². The molecule has 3 aromatic rings. The Hall–Kier alpha value is -2.57. The molecule has 2 aliphatic rings. The van der Waals surface area contributed by atoms with Crippen LogP contribution in [-0.4, -0.2) is 57.8 Å². The van der Waals surface area contributed by atoms with E-state index in [1.807, 2.05) is 72.8 Å². The number of aromatic nitrogens is 1. The number of hydrogen-bond donors (Lipinski definition) is 3. The van der Waals surface area contributed by atoms with Gasteiger partial charge in [-0.1, -0.05) is 58.6 Å². The van der Waals surface area contributed by atoms with Gasteiger partial charge in [-0.25, -0.2) is 0 Å². The lowest BCUT2D eigenvalue weighted by Crippen LogP contribution is -2.68. The van der Waals surface area contributed by atoms with Crippen LogP contribution in [0.15, 0.2) is 79.0 Å². The number of carbonyl (C=O) groups is 1. The number of nitrogens with one attached hydrogen (secondary N) is 3. The Labute approximate surface area is 254 Å². The topological polar surface area (TPSA) is 109 Å². The van der Waals surface area contributed by atoms with E-state index in [0.29, 0.717) is 18.8 Å². The van der Waals surface area contributed by atoms with Crippen molar-refractivity contribution in [2.75, 3.05) is 32.5 Å². The molecule has 2 aromatic carbocycles. The first-order valence-corrected chi connectivity index (χ1v) is 15.1. The molecule has 2 atom stereocenters. The summed E-state index contributed by atoms with van der Waals surface area (Å²) in [5.74, 6) is -0.440. The lowest BCUT2D eigenvalue weighted by Gasteiger charge is -2.36. The summed E-state index contributed by atoms with van der Waals surface area (Å²) in [6, 6.07) is 22.1. The maximum Gasteiger partial charge on any atom is 0.321 e. The third kappa shape index (κ3) is 7.09. The molecule has 3 N–H and O–H groups in total. The summed E-state index contributed by atoms with van der Waals surface area (Å²) >= 11 is 0. The van der Waals surface area contributed by atoms with Crippen molar-refractivity contribution in [2.24, 2.45) is 0 Å². The second-order valence-corrected chi connectivity index (χ2v) is 12.5. The van der Waals surface area contributed by atoms with E-state index in [0.717, 1.165) is 42.8 Å². The maximum atomic E-state index is 13.9. The van der Waals surface area contributed by atoms with E-state index >= 15 is 0 Å². The van der Waals surface area contributed by atoms with Crippen LogP contribution in [0.1, 0.15) is 29.7 Å². The van der Waals surface area contributed by atoms with Gasteiger partial charge >= 0.3 is 10.0 Å². The lowest BCUT2D eigenvalue weighted by molar-refractivity contribution is -0.127. The predicted octanol–water partition coefficient (Wildman–Crippen LogP) is 3.23. The predicted molar refractivity (Wildman–Crippen MR) is 165 cm³/mol. The number of rotatable bonds is 10. The molecule has 1 fully saturated rings. The fourth-order valence-electron chi connectivity index (χ4n) is 5.73. The smallest absolute Gasteiger partial charge is 0.321 e. The normalized spacial score (nSPS) is 19.8. The average molecular weight is 624 g/mol. The molecule has 12 heteroatoms. The standard InChI is InChI=1S/C29H35N5O4S.2ClH/c1-39(36,37)34(22-29(14-17-30-18-15-29)25-12-5-6-13-27(25)34)33-28(35)26(32-19-24-11-7-8-16-31-24)21-38-20-23-9-3-2-4-10-23;;/h2-13,16,26,30,32H,14-15,17-22H2,1H3;2*1H/p+1. The van der Waals surface area contributed by atoms with Gasteiger partial charge in [0, 0.05) is 24.4 Å². The Morgan fingerprint density at radius 3 is 2.39 bits per heavy atom. The number of benzene rings is 2. The summed E-state index contributed by atoms with van der Waals surface area (Å²) < 4.78 is 32.5. The van der Waals surface area contributed by atoms with Crippen molar-refractivity contribution in [1.82, 2.24) is 25.0 Å². The molecule has 3 heterocycles. The monoisotopic (exact) mass is 622 g/mol. The number of carbonyl (C=O) groups excluding carboxylic acids is 1. The van der Waals surface area contributed by atoms with Crippen molar-refractivity contribution >= 4 is 46.4 Å². The van der Waals surface area contributed by atoms with Crippen LogP contribution in [0.3, 0.4) is 0 Å². The van der Waals surface area contributed by atoms with Gasteiger partial charge in [-0.05, 0) is 43.6 Å². The molecule has 1 saturated heterocycles. The third-order valence-corrected chi connectivity index (χ3v) is 9.33. The Bertz CT molecular complexity index is 1390. The second kappa shape index (κ2) is 14.1. The highest BCUT2D eigenvalue weighted by Gasteiger charge is 2.60. The van der Waals surface area contributed by atoms with E-state index in [1.165, 1.54) is 6.26 Å². The van der Waals surface area contributed by atoms with E-state index in [9.17, 15) is 13.2 Å². The lowest BCUT2D eigenvalue weighted by atomic mass is 9.75. The SMILES string of the molecule is CS(=O)(=O)[N+]1(NC(=O)C(COCc2ccccc2)NCc2ccccn2)CC2(CCNCC2)c2ccccc21.Cl.Cl. The number of hydrogen-bond acceptors (Lipinski definition) is 7. The highest BCUT2D eigenvalue weighted by molar-refractivity contribution is 7.90. The zero-order valence-electron chi connectivity index (χ0n) is 23.0. The number of piperidine rings is 1. The first-order chi connectivity index (χ1) is 18.8. The van der Waals surface area contributed by atoms with Crippen molar-refractivity contribution < 1.29 is 17.9 Å². The molecule has 9 nitrogen and oxygen atoms in total. The number of ether oxygens (including phenoxy) is 1. The molecule has 0 saturated carbocycles. The Balaban J connectivity index is 0.00000231. The van der Waals surface area contributed by atoms with E-state index in [2.05, 4.69) is 21.0 Å². The zero-order chi connectivity index (χ0) is 27.3. The summed E-state index contributed by atoms with van der Waals surface area (Å²) in [5, 5.41) is 6.63. The number of nitrogens with zero attached hydrogens (tertiary/aromatic N) is 2. The minimum atomic E-state index is -3.81. The molecular weight excluding hydrogens is 585 g/mol. The van der Waals surface area contributed by atoms with Crippen molar-refractivity contribution in [3.05, 3.63) is 95.8 Å². The minimum absolute atomic E-state index is 0. The van der Waals surface area contributed by atoms with Gasteiger partial charge in [0.1, 0.15) is 12.6 Å².